The molecule has 0 bridgehead atoms. The first kappa shape index (κ1) is 18.8. The van der Waals surface area contributed by atoms with E-state index in [2.05, 4.69) is 19.9 Å². The Kier molecular flexibility index (Phi) is 5.38. The van der Waals surface area contributed by atoms with Gasteiger partial charge in [-0.05, 0) is 13.8 Å². The zero-order chi connectivity index (χ0) is 19.6. The molecule has 0 aliphatic carbocycles. The third kappa shape index (κ3) is 4.42. The Morgan fingerprint density at radius 2 is 1.81 bits per heavy atom. The minimum Gasteiger partial charge on any atom is -0.363 e. The zero-order valence-corrected chi connectivity index (χ0v) is 16.2. The number of nitrogens with zero attached hydrogens (tertiary/aromatic N) is 7. The van der Waals surface area contributed by atoms with Crippen LogP contribution in [0, 0.1) is 13.8 Å². The molecule has 0 radical (unpaired) electrons. The van der Waals surface area contributed by atoms with E-state index in [1.54, 1.807) is 11.8 Å². The smallest absolute Gasteiger partial charge is 0.253 e. The highest BCUT2D eigenvalue weighted by Gasteiger charge is 2.23. The van der Waals surface area contributed by atoms with Gasteiger partial charge in [-0.2, -0.15) is 0 Å². The van der Waals surface area contributed by atoms with Gasteiger partial charge in [0.25, 0.3) is 5.56 Å². The molecule has 27 heavy (non-hydrogen) atoms. The Balaban J connectivity index is 1.63. The van der Waals surface area contributed by atoms with E-state index in [1.165, 1.54) is 17.0 Å². The number of aryl methyl sites for hydroxylation is 2. The molecule has 1 saturated heterocycles. The van der Waals surface area contributed by atoms with Crippen LogP contribution < -0.4 is 15.4 Å². The van der Waals surface area contributed by atoms with Crippen LogP contribution in [0.25, 0.3) is 0 Å². The van der Waals surface area contributed by atoms with Crippen LogP contribution in [0.5, 0.6) is 0 Å². The first-order valence-corrected chi connectivity index (χ1v) is 8.92. The number of amides is 1. The predicted molar refractivity (Wildman–Crippen MR) is 103 cm³/mol. The van der Waals surface area contributed by atoms with Gasteiger partial charge in [-0.1, -0.05) is 0 Å². The predicted octanol–water partition coefficient (Wildman–Crippen LogP) is 0.0649. The van der Waals surface area contributed by atoms with Crippen molar-refractivity contribution in [2.75, 3.05) is 50.1 Å². The largest absolute Gasteiger partial charge is 0.363 e. The maximum Gasteiger partial charge on any atom is 0.253 e. The summed E-state index contributed by atoms with van der Waals surface area (Å²) in [4.78, 5) is 43.4. The van der Waals surface area contributed by atoms with Crippen LogP contribution in [-0.4, -0.2) is 70.6 Å². The van der Waals surface area contributed by atoms with Crippen molar-refractivity contribution < 1.29 is 4.79 Å². The third-order valence-electron chi connectivity index (χ3n) is 4.55. The Morgan fingerprint density at radius 1 is 1.11 bits per heavy atom. The molecule has 3 rings (SSSR count). The van der Waals surface area contributed by atoms with Crippen LogP contribution in [0.1, 0.15) is 11.5 Å². The second kappa shape index (κ2) is 7.73. The van der Waals surface area contributed by atoms with Crippen molar-refractivity contribution in [1.29, 1.82) is 0 Å². The fraction of sp³-hybridized carbons (Fsp3) is 0.500. The van der Waals surface area contributed by atoms with Crippen LogP contribution in [-0.2, 0) is 11.3 Å². The quantitative estimate of drug-likeness (QED) is 0.751. The van der Waals surface area contributed by atoms with E-state index in [-0.39, 0.29) is 18.0 Å². The van der Waals surface area contributed by atoms with Crippen LogP contribution in [0.15, 0.2) is 23.3 Å². The van der Waals surface area contributed by atoms with E-state index in [9.17, 15) is 9.59 Å². The van der Waals surface area contributed by atoms with Crippen LogP contribution in [0.3, 0.4) is 0 Å². The van der Waals surface area contributed by atoms with E-state index < -0.39 is 0 Å². The summed E-state index contributed by atoms with van der Waals surface area (Å²) in [6.45, 7) is 6.21. The van der Waals surface area contributed by atoms with Gasteiger partial charge in [0.15, 0.2) is 0 Å². The van der Waals surface area contributed by atoms with Gasteiger partial charge in [0, 0.05) is 58.1 Å². The number of rotatable bonds is 4. The van der Waals surface area contributed by atoms with Gasteiger partial charge >= 0.3 is 0 Å². The van der Waals surface area contributed by atoms with E-state index >= 15 is 0 Å². The molecule has 0 N–H and O–H groups in total. The average molecular weight is 371 g/mol. The number of carbonyl (C=O) groups excluding carboxylic acids is 1. The number of carbonyl (C=O) groups is 1. The molecule has 1 amide bonds. The first-order valence-electron chi connectivity index (χ1n) is 8.92. The molecular weight excluding hydrogens is 346 g/mol. The van der Waals surface area contributed by atoms with Crippen molar-refractivity contribution in [3.8, 4) is 0 Å². The van der Waals surface area contributed by atoms with Gasteiger partial charge < -0.3 is 14.7 Å². The average Bonchev–Trinajstić information content (AvgIpc) is 2.63. The maximum atomic E-state index is 12.5. The number of piperazine rings is 1. The van der Waals surface area contributed by atoms with E-state index in [4.69, 9.17) is 0 Å². The molecule has 1 aliphatic heterocycles. The molecule has 3 heterocycles. The van der Waals surface area contributed by atoms with E-state index in [1.807, 2.05) is 32.0 Å². The number of aromatic nitrogens is 4. The van der Waals surface area contributed by atoms with Gasteiger partial charge in [-0.15, -0.1) is 0 Å². The molecule has 1 fully saturated rings. The molecule has 0 saturated carbocycles. The fourth-order valence-electron chi connectivity index (χ4n) is 2.99. The fourth-order valence-corrected chi connectivity index (χ4v) is 2.99. The highest BCUT2D eigenvalue weighted by molar-refractivity contribution is 5.76. The van der Waals surface area contributed by atoms with Gasteiger partial charge in [-0.3, -0.25) is 14.2 Å². The second-order valence-electron chi connectivity index (χ2n) is 6.89. The van der Waals surface area contributed by atoms with Crippen LogP contribution >= 0.6 is 0 Å². The molecule has 2 aromatic heterocycles. The van der Waals surface area contributed by atoms with Gasteiger partial charge in [-0.25, -0.2) is 15.0 Å². The van der Waals surface area contributed by atoms with Crippen LogP contribution in [0.4, 0.5) is 11.6 Å². The van der Waals surface area contributed by atoms with Crippen LogP contribution in [0.2, 0.25) is 0 Å². The summed E-state index contributed by atoms with van der Waals surface area (Å²) >= 11 is 0. The first-order chi connectivity index (χ1) is 12.8. The molecular formula is C18H25N7O2. The summed E-state index contributed by atoms with van der Waals surface area (Å²) in [6, 6.07) is 3.40. The minimum absolute atomic E-state index is 0.0174. The standard InChI is InChI=1S/C18H25N7O2/c1-13-9-17(26)25(12-19-13)11-18(27)24-7-5-23(6-8-24)16-10-15(22(3)4)20-14(2)21-16/h9-10,12H,5-8,11H2,1-4H3. The summed E-state index contributed by atoms with van der Waals surface area (Å²) in [6.07, 6.45) is 1.43. The number of anilines is 2. The lowest BCUT2D eigenvalue weighted by Gasteiger charge is -2.35. The van der Waals surface area contributed by atoms with Crippen molar-refractivity contribution in [1.82, 2.24) is 24.4 Å². The molecule has 0 atom stereocenters. The van der Waals surface area contributed by atoms with Crippen molar-refractivity contribution in [2.24, 2.45) is 0 Å². The number of hydrogen-bond donors (Lipinski definition) is 0. The van der Waals surface area contributed by atoms with Crippen molar-refractivity contribution in [3.63, 3.8) is 0 Å². The van der Waals surface area contributed by atoms with Gasteiger partial charge in [0.1, 0.15) is 24.0 Å². The normalized spacial score (nSPS) is 14.4. The van der Waals surface area contributed by atoms with E-state index in [0.717, 1.165) is 17.5 Å². The van der Waals surface area contributed by atoms with Gasteiger partial charge in [0.05, 0.1) is 6.33 Å². The molecule has 1 aliphatic rings. The topological polar surface area (TPSA) is 87.5 Å². The third-order valence-corrected chi connectivity index (χ3v) is 4.55. The summed E-state index contributed by atoms with van der Waals surface area (Å²) < 4.78 is 1.35. The SMILES string of the molecule is Cc1cc(=O)n(CC(=O)N2CCN(c3cc(N(C)C)nc(C)n3)CC2)cn1. The van der Waals surface area contributed by atoms with Crippen molar-refractivity contribution in [3.05, 3.63) is 40.3 Å². The number of hydrogen-bond acceptors (Lipinski definition) is 7. The maximum absolute atomic E-state index is 12.5. The highest BCUT2D eigenvalue weighted by Crippen LogP contribution is 2.19. The Hall–Kier alpha value is -2.97. The molecule has 0 unspecified atom stereocenters. The second-order valence-corrected chi connectivity index (χ2v) is 6.89. The van der Waals surface area contributed by atoms with Gasteiger partial charge in [0.2, 0.25) is 5.91 Å². The molecule has 0 aromatic carbocycles. The Bertz CT molecular complexity index is 886. The molecule has 9 nitrogen and oxygen atoms in total. The lowest BCUT2D eigenvalue weighted by molar-refractivity contribution is -0.132. The van der Waals surface area contributed by atoms with Crippen molar-refractivity contribution >= 4 is 17.5 Å². The Labute approximate surface area is 158 Å². The summed E-state index contributed by atoms with van der Waals surface area (Å²) in [7, 11) is 3.90. The lowest BCUT2D eigenvalue weighted by atomic mass is 10.3. The Morgan fingerprint density at radius 3 is 2.44 bits per heavy atom. The van der Waals surface area contributed by atoms with Crippen molar-refractivity contribution in [2.45, 2.75) is 20.4 Å². The molecule has 0 spiro atoms. The minimum atomic E-state index is -0.206. The zero-order valence-electron chi connectivity index (χ0n) is 16.2. The lowest BCUT2D eigenvalue weighted by Crippen LogP contribution is -2.50. The summed E-state index contributed by atoms with van der Waals surface area (Å²) in [5.74, 6) is 2.38. The molecule has 9 heteroatoms. The molecule has 2 aromatic rings. The van der Waals surface area contributed by atoms with E-state index in [0.29, 0.717) is 31.9 Å². The summed E-state index contributed by atoms with van der Waals surface area (Å²) in [5, 5.41) is 0. The summed E-state index contributed by atoms with van der Waals surface area (Å²) in [5.41, 5.74) is 0.441. The highest BCUT2D eigenvalue weighted by atomic mass is 16.2. The monoisotopic (exact) mass is 371 g/mol. The molecule has 144 valence electrons.